The number of aliphatic hydroxyl groups is 2. The SMILES string of the molecule is O=C(CN1CC(O)C(O)C1)NCCc1cccs1. The van der Waals surface area contributed by atoms with Gasteiger partial charge in [-0.05, 0) is 17.9 Å². The van der Waals surface area contributed by atoms with Crippen LogP contribution in [-0.2, 0) is 11.2 Å². The maximum absolute atomic E-state index is 11.6. The minimum Gasteiger partial charge on any atom is -0.389 e. The van der Waals surface area contributed by atoms with Gasteiger partial charge < -0.3 is 15.5 Å². The number of carbonyl (C=O) groups is 1. The first-order valence-corrected chi connectivity index (χ1v) is 6.90. The van der Waals surface area contributed by atoms with Gasteiger partial charge in [0, 0.05) is 24.5 Å². The highest BCUT2D eigenvalue weighted by Gasteiger charge is 2.30. The highest BCUT2D eigenvalue weighted by Crippen LogP contribution is 2.09. The number of hydrogen-bond donors (Lipinski definition) is 3. The standard InChI is InChI=1S/C12H18N2O3S/c15-10-6-14(7-11(10)16)8-12(17)13-4-3-9-2-1-5-18-9/h1-2,5,10-11,15-16H,3-4,6-8H2,(H,13,17). The summed E-state index contributed by atoms with van der Waals surface area (Å²) in [5, 5.41) is 23.6. The summed E-state index contributed by atoms with van der Waals surface area (Å²) in [6.07, 6.45) is -0.623. The third-order valence-electron chi connectivity index (χ3n) is 2.98. The quantitative estimate of drug-likeness (QED) is 0.671. The number of likely N-dealkylation sites (tertiary alicyclic amines) is 1. The third-order valence-corrected chi connectivity index (χ3v) is 3.91. The largest absolute Gasteiger partial charge is 0.389 e. The Balaban J connectivity index is 1.63. The van der Waals surface area contributed by atoms with E-state index >= 15 is 0 Å². The van der Waals surface area contributed by atoms with Gasteiger partial charge in [0.1, 0.15) is 0 Å². The van der Waals surface area contributed by atoms with Gasteiger partial charge in [-0.1, -0.05) is 6.07 Å². The highest BCUT2D eigenvalue weighted by molar-refractivity contribution is 7.09. The van der Waals surface area contributed by atoms with Gasteiger partial charge >= 0.3 is 0 Å². The number of nitrogens with one attached hydrogen (secondary N) is 1. The molecular formula is C12H18N2O3S. The molecule has 6 heteroatoms. The predicted molar refractivity (Wildman–Crippen MR) is 69.5 cm³/mol. The number of rotatable bonds is 5. The molecule has 1 saturated heterocycles. The van der Waals surface area contributed by atoms with Gasteiger partial charge in [0.15, 0.2) is 0 Å². The molecule has 100 valence electrons. The van der Waals surface area contributed by atoms with Crippen molar-refractivity contribution >= 4 is 17.2 Å². The average molecular weight is 270 g/mol. The van der Waals surface area contributed by atoms with Crippen LogP contribution in [0.2, 0.25) is 0 Å². The lowest BCUT2D eigenvalue weighted by Gasteiger charge is -2.14. The second-order valence-corrected chi connectivity index (χ2v) is 5.54. The fourth-order valence-corrected chi connectivity index (χ4v) is 2.72. The van der Waals surface area contributed by atoms with E-state index in [0.29, 0.717) is 19.6 Å². The van der Waals surface area contributed by atoms with Crippen LogP contribution in [0.4, 0.5) is 0 Å². The molecule has 1 aliphatic heterocycles. The van der Waals surface area contributed by atoms with Crippen molar-refractivity contribution in [1.29, 1.82) is 0 Å². The Morgan fingerprint density at radius 2 is 2.17 bits per heavy atom. The molecule has 2 unspecified atom stereocenters. The fourth-order valence-electron chi connectivity index (χ4n) is 2.02. The van der Waals surface area contributed by atoms with Crippen molar-refractivity contribution in [2.75, 3.05) is 26.2 Å². The van der Waals surface area contributed by atoms with Crippen molar-refractivity contribution in [1.82, 2.24) is 10.2 Å². The molecule has 0 spiro atoms. The Kier molecular flexibility index (Phi) is 4.71. The first-order chi connectivity index (χ1) is 8.65. The molecular weight excluding hydrogens is 252 g/mol. The Bertz CT molecular complexity index is 373. The summed E-state index contributed by atoms with van der Waals surface area (Å²) in [4.78, 5) is 14.6. The van der Waals surface area contributed by atoms with Crippen molar-refractivity contribution in [2.45, 2.75) is 18.6 Å². The summed E-state index contributed by atoms with van der Waals surface area (Å²) in [5.74, 6) is -0.0622. The number of β-amino-alcohol motifs (C(OH)–C–C–N with tert-alkyl or cyclic N) is 2. The normalized spacial score (nSPS) is 24.3. The van der Waals surface area contributed by atoms with E-state index in [1.807, 2.05) is 17.5 Å². The summed E-state index contributed by atoms with van der Waals surface area (Å²) < 4.78 is 0. The number of hydrogen-bond acceptors (Lipinski definition) is 5. The Morgan fingerprint density at radius 1 is 1.44 bits per heavy atom. The van der Waals surface area contributed by atoms with Gasteiger partial charge in [-0.15, -0.1) is 11.3 Å². The molecule has 0 aliphatic carbocycles. The number of thiophene rings is 1. The number of nitrogens with zero attached hydrogens (tertiary/aromatic N) is 1. The minimum atomic E-state index is -0.732. The number of carbonyl (C=O) groups excluding carboxylic acids is 1. The summed E-state index contributed by atoms with van der Waals surface area (Å²) in [6, 6.07) is 4.04. The first kappa shape index (κ1) is 13.5. The van der Waals surface area contributed by atoms with E-state index in [-0.39, 0.29) is 12.5 Å². The predicted octanol–water partition coefficient (Wildman–Crippen LogP) is -0.556. The van der Waals surface area contributed by atoms with Crippen molar-refractivity contribution < 1.29 is 15.0 Å². The fraction of sp³-hybridized carbons (Fsp3) is 0.583. The smallest absolute Gasteiger partial charge is 0.234 e. The first-order valence-electron chi connectivity index (χ1n) is 6.02. The summed E-state index contributed by atoms with van der Waals surface area (Å²) >= 11 is 1.68. The van der Waals surface area contributed by atoms with Gasteiger partial charge in [-0.3, -0.25) is 9.69 Å². The van der Waals surface area contributed by atoms with E-state index in [1.165, 1.54) is 4.88 Å². The average Bonchev–Trinajstić information content (AvgIpc) is 2.90. The lowest BCUT2D eigenvalue weighted by Crippen LogP contribution is -2.37. The summed E-state index contributed by atoms with van der Waals surface area (Å²) in [5.41, 5.74) is 0. The van der Waals surface area contributed by atoms with E-state index in [2.05, 4.69) is 5.32 Å². The van der Waals surface area contributed by atoms with Gasteiger partial charge in [-0.2, -0.15) is 0 Å². The molecule has 1 aromatic heterocycles. The van der Waals surface area contributed by atoms with E-state index in [0.717, 1.165) is 6.42 Å². The molecule has 2 atom stereocenters. The molecule has 18 heavy (non-hydrogen) atoms. The van der Waals surface area contributed by atoms with Crippen molar-refractivity contribution in [2.24, 2.45) is 0 Å². The lowest BCUT2D eigenvalue weighted by molar-refractivity contribution is -0.122. The molecule has 1 aliphatic rings. The molecule has 2 rings (SSSR count). The molecule has 0 radical (unpaired) electrons. The molecule has 1 fully saturated rings. The van der Waals surface area contributed by atoms with Crippen LogP contribution in [0.5, 0.6) is 0 Å². The van der Waals surface area contributed by atoms with Crippen molar-refractivity contribution in [3.63, 3.8) is 0 Å². The van der Waals surface area contributed by atoms with Crippen molar-refractivity contribution in [3.05, 3.63) is 22.4 Å². The summed E-state index contributed by atoms with van der Waals surface area (Å²) in [6.45, 7) is 1.58. The van der Waals surface area contributed by atoms with Crippen LogP contribution in [0.3, 0.4) is 0 Å². The van der Waals surface area contributed by atoms with Crippen LogP contribution in [0.1, 0.15) is 4.88 Å². The number of aliphatic hydroxyl groups excluding tert-OH is 2. The lowest BCUT2D eigenvalue weighted by atomic mass is 10.3. The van der Waals surface area contributed by atoms with Crippen molar-refractivity contribution in [3.8, 4) is 0 Å². The Labute approximate surface area is 110 Å². The zero-order chi connectivity index (χ0) is 13.0. The topological polar surface area (TPSA) is 72.8 Å². The maximum Gasteiger partial charge on any atom is 0.234 e. The molecule has 1 amide bonds. The second kappa shape index (κ2) is 6.29. The van der Waals surface area contributed by atoms with Gasteiger partial charge in [0.25, 0.3) is 0 Å². The highest BCUT2D eigenvalue weighted by atomic mass is 32.1. The van der Waals surface area contributed by atoms with E-state index < -0.39 is 12.2 Å². The Morgan fingerprint density at radius 3 is 2.78 bits per heavy atom. The van der Waals surface area contributed by atoms with Crippen LogP contribution < -0.4 is 5.32 Å². The van der Waals surface area contributed by atoms with Crippen LogP contribution in [0.25, 0.3) is 0 Å². The molecule has 1 aromatic rings. The van der Waals surface area contributed by atoms with E-state index in [4.69, 9.17) is 0 Å². The van der Waals surface area contributed by atoms with Crippen LogP contribution in [0, 0.1) is 0 Å². The molecule has 0 aromatic carbocycles. The Hall–Kier alpha value is -0.950. The third kappa shape index (κ3) is 3.78. The molecule has 2 heterocycles. The maximum atomic E-state index is 11.6. The zero-order valence-corrected chi connectivity index (χ0v) is 10.9. The van der Waals surface area contributed by atoms with Crippen LogP contribution in [-0.4, -0.2) is 59.4 Å². The monoisotopic (exact) mass is 270 g/mol. The van der Waals surface area contributed by atoms with E-state index in [1.54, 1.807) is 16.2 Å². The molecule has 0 bridgehead atoms. The van der Waals surface area contributed by atoms with E-state index in [9.17, 15) is 15.0 Å². The van der Waals surface area contributed by atoms with Gasteiger partial charge in [-0.25, -0.2) is 0 Å². The minimum absolute atomic E-state index is 0.0622. The second-order valence-electron chi connectivity index (χ2n) is 4.51. The molecule has 5 nitrogen and oxygen atoms in total. The van der Waals surface area contributed by atoms with Crippen LogP contribution >= 0.6 is 11.3 Å². The van der Waals surface area contributed by atoms with Gasteiger partial charge in [0.2, 0.25) is 5.91 Å². The number of amides is 1. The molecule has 0 saturated carbocycles. The molecule has 3 N–H and O–H groups in total. The zero-order valence-electron chi connectivity index (χ0n) is 10.1. The van der Waals surface area contributed by atoms with Crippen LogP contribution in [0.15, 0.2) is 17.5 Å². The van der Waals surface area contributed by atoms with Gasteiger partial charge in [0.05, 0.1) is 18.8 Å². The summed E-state index contributed by atoms with van der Waals surface area (Å²) in [7, 11) is 0.